The molecule has 2 aromatic rings. The van der Waals surface area contributed by atoms with Crippen LogP contribution in [0.4, 0.5) is 0 Å². The van der Waals surface area contributed by atoms with Gasteiger partial charge in [-0.15, -0.1) is 0 Å². The van der Waals surface area contributed by atoms with Crippen molar-refractivity contribution < 1.29 is 23.8 Å². The molecule has 8 heteroatoms. The molecule has 0 aromatic heterocycles. The van der Waals surface area contributed by atoms with Gasteiger partial charge in [0.25, 0.3) is 11.8 Å². The summed E-state index contributed by atoms with van der Waals surface area (Å²) in [6, 6.07) is 10.6. The van der Waals surface area contributed by atoms with Crippen LogP contribution in [0.2, 0.25) is 5.02 Å². The van der Waals surface area contributed by atoms with Crippen LogP contribution in [0, 0.1) is 0 Å². The van der Waals surface area contributed by atoms with Crippen molar-refractivity contribution in [3.8, 4) is 11.5 Å². The highest BCUT2D eigenvalue weighted by molar-refractivity contribution is 6.32. The molecule has 144 valence electrons. The molecule has 0 radical (unpaired) electrons. The van der Waals surface area contributed by atoms with E-state index in [0.717, 1.165) is 11.1 Å². The number of hydrogen-bond acceptors (Lipinski definition) is 5. The Balaban J connectivity index is 2.14. The van der Waals surface area contributed by atoms with Gasteiger partial charge in [0.15, 0.2) is 18.1 Å². The van der Waals surface area contributed by atoms with Gasteiger partial charge < -0.3 is 25.3 Å². The fourth-order valence-corrected chi connectivity index (χ4v) is 2.70. The van der Waals surface area contributed by atoms with Gasteiger partial charge in [0.1, 0.15) is 0 Å². The van der Waals surface area contributed by atoms with Crippen LogP contribution < -0.4 is 20.5 Å². The highest BCUT2D eigenvalue weighted by atomic mass is 35.5. The zero-order chi connectivity index (χ0) is 19.8. The molecule has 0 aliphatic carbocycles. The van der Waals surface area contributed by atoms with Crippen LogP contribution in [0.15, 0.2) is 36.4 Å². The third kappa shape index (κ3) is 5.60. The predicted octanol–water partition coefficient (Wildman–Crippen LogP) is 2.29. The Labute approximate surface area is 162 Å². The lowest BCUT2D eigenvalue weighted by Gasteiger charge is -2.14. The van der Waals surface area contributed by atoms with Crippen LogP contribution in [0.25, 0.3) is 0 Å². The van der Waals surface area contributed by atoms with Crippen LogP contribution in [0.5, 0.6) is 11.5 Å². The van der Waals surface area contributed by atoms with E-state index in [2.05, 4.69) is 5.32 Å². The van der Waals surface area contributed by atoms with Gasteiger partial charge in [-0.3, -0.25) is 9.59 Å². The molecule has 0 aliphatic rings. The highest BCUT2D eigenvalue weighted by Crippen LogP contribution is 2.36. The summed E-state index contributed by atoms with van der Waals surface area (Å²) in [6.07, 6.45) is 0. The van der Waals surface area contributed by atoms with E-state index in [1.807, 2.05) is 24.3 Å². The first-order valence-electron chi connectivity index (χ1n) is 8.08. The Bertz CT molecular complexity index is 826. The smallest absolute Gasteiger partial charge is 0.255 e. The van der Waals surface area contributed by atoms with Crippen LogP contribution in [0.1, 0.15) is 21.5 Å². The quantitative estimate of drug-likeness (QED) is 0.682. The minimum Gasteiger partial charge on any atom is -0.493 e. The maximum atomic E-state index is 12.5. The average molecular weight is 393 g/mol. The summed E-state index contributed by atoms with van der Waals surface area (Å²) < 4.78 is 15.6. The average Bonchev–Trinajstić information content (AvgIpc) is 2.65. The van der Waals surface area contributed by atoms with Gasteiger partial charge in [0.05, 0.1) is 18.7 Å². The van der Waals surface area contributed by atoms with E-state index < -0.39 is 5.91 Å². The summed E-state index contributed by atoms with van der Waals surface area (Å²) in [4.78, 5) is 23.4. The molecule has 0 bridgehead atoms. The molecule has 0 saturated heterocycles. The first kappa shape index (κ1) is 20.5. The Morgan fingerprint density at radius 3 is 2.48 bits per heavy atom. The molecule has 0 unspecified atom stereocenters. The van der Waals surface area contributed by atoms with Crippen LogP contribution in [-0.4, -0.2) is 32.6 Å². The third-order valence-corrected chi connectivity index (χ3v) is 3.99. The minimum atomic E-state index is -0.648. The van der Waals surface area contributed by atoms with E-state index in [9.17, 15) is 9.59 Å². The lowest BCUT2D eigenvalue weighted by atomic mass is 10.1. The van der Waals surface area contributed by atoms with Gasteiger partial charge in [-0.25, -0.2) is 0 Å². The van der Waals surface area contributed by atoms with Crippen molar-refractivity contribution in [2.24, 2.45) is 5.73 Å². The largest absolute Gasteiger partial charge is 0.493 e. The number of halogens is 1. The number of primary amides is 1. The number of methoxy groups -OCH3 is 2. The molecular weight excluding hydrogens is 372 g/mol. The van der Waals surface area contributed by atoms with Gasteiger partial charge in [-0.1, -0.05) is 35.9 Å². The van der Waals surface area contributed by atoms with Crippen molar-refractivity contribution in [1.29, 1.82) is 0 Å². The van der Waals surface area contributed by atoms with Gasteiger partial charge in [-0.2, -0.15) is 0 Å². The molecule has 2 rings (SSSR count). The van der Waals surface area contributed by atoms with E-state index >= 15 is 0 Å². The van der Waals surface area contributed by atoms with Crippen LogP contribution >= 0.6 is 11.6 Å². The molecule has 0 fully saturated rings. The zero-order valence-electron chi connectivity index (χ0n) is 15.1. The number of rotatable bonds is 9. The van der Waals surface area contributed by atoms with E-state index in [4.69, 9.17) is 31.5 Å². The summed E-state index contributed by atoms with van der Waals surface area (Å²) in [5.74, 6) is -0.595. The fourth-order valence-electron chi connectivity index (χ4n) is 2.44. The predicted molar refractivity (Wildman–Crippen MR) is 101 cm³/mol. The van der Waals surface area contributed by atoms with Crippen molar-refractivity contribution in [2.75, 3.05) is 20.8 Å². The molecule has 0 saturated carbocycles. The van der Waals surface area contributed by atoms with Gasteiger partial charge in [-0.05, 0) is 23.3 Å². The normalized spacial score (nSPS) is 10.3. The summed E-state index contributed by atoms with van der Waals surface area (Å²) in [5.41, 5.74) is 7.31. The summed E-state index contributed by atoms with van der Waals surface area (Å²) in [6.45, 7) is 0.438. The molecule has 0 heterocycles. The Kier molecular flexibility index (Phi) is 7.45. The molecule has 2 aromatic carbocycles. The number of benzene rings is 2. The van der Waals surface area contributed by atoms with Crippen molar-refractivity contribution in [3.05, 3.63) is 58.1 Å². The number of nitrogens with two attached hydrogens (primary N) is 1. The third-order valence-electron chi connectivity index (χ3n) is 3.71. The van der Waals surface area contributed by atoms with Gasteiger partial charge in [0.2, 0.25) is 0 Å². The molecule has 0 atom stereocenters. The molecular formula is C19H21ClN2O5. The lowest BCUT2D eigenvalue weighted by Crippen LogP contribution is -2.24. The monoisotopic (exact) mass is 392 g/mol. The summed E-state index contributed by atoms with van der Waals surface area (Å²) >= 11 is 6.17. The number of hydrogen-bond donors (Lipinski definition) is 2. The Hall–Kier alpha value is -2.77. The van der Waals surface area contributed by atoms with E-state index in [-0.39, 0.29) is 29.0 Å². The molecule has 0 aliphatic heterocycles. The maximum absolute atomic E-state index is 12.5. The molecule has 27 heavy (non-hydrogen) atoms. The van der Waals surface area contributed by atoms with Crippen molar-refractivity contribution >= 4 is 23.4 Å². The van der Waals surface area contributed by atoms with Crippen molar-refractivity contribution in [3.63, 3.8) is 0 Å². The second-order valence-electron chi connectivity index (χ2n) is 5.63. The molecule has 0 spiro atoms. The van der Waals surface area contributed by atoms with Gasteiger partial charge >= 0.3 is 0 Å². The number of carbonyl (C=O) groups is 2. The zero-order valence-corrected chi connectivity index (χ0v) is 15.8. The number of nitrogens with one attached hydrogen (secondary N) is 1. The molecule has 7 nitrogen and oxygen atoms in total. The van der Waals surface area contributed by atoms with E-state index in [1.165, 1.54) is 19.2 Å². The fraction of sp³-hybridized carbons (Fsp3) is 0.263. The first-order valence-corrected chi connectivity index (χ1v) is 8.46. The second-order valence-corrected chi connectivity index (χ2v) is 6.04. The van der Waals surface area contributed by atoms with Gasteiger partial charge in [0, 0.05) is 19.2 Å². The summed E-state index contributed by atoms with van der Waals surface area (Å²) in [5, 5.41) is 2.98. The topological polar surface area (TPSA) is 99.9 Å². The summed E-state index contributed by atoms with van der Waals surface area (Å²) in [7, 11) is 3.02. The van der Waals surface area contributed by atoms with Crippen molar-refractivity contribution in [1.82, 2.24) is 5.32 Å². The maximum Gasteiger partial charge on any atom is 0.255 e. The highest BCUT2D eigenvalue weighted by Gasteiger charge is 2.17. The Morgan fingerprint density at radius 1 is 1.15 bits per heavy atom. The minimum absolute atomic E-state index is 0.139. The number of carbonyl (C=O) groups excluding carboxylic acids is 2. The SMILES string of the molecule is COCc1ccccc1CNC(=O)c1cc(Cl)c(OCC(N)=O)c(OC)c1. The first-order chi connectivity index (χ1) is 13.0. The number of ether oxygens (including phenoxy) is 3. The Morgan fingerprint density at radius 2 is 1.85 bits per heavy atom. The van der Waals surface area contributed by atoms with E-state index in [0.29, 0.717) is 18.7 Å². The lowest BCUT2D eigenvalue weighted by molar-refractivity contribution is -0.119. The molecule has 3 N–H and O–H groups in total. The van der Waals surface area contributed by atoms with Crippen molar-refractivity contribution in [2.45, 2.75) is 13.2 Å². The van der Waals surface area contributed by atoms with Crippen LogP contribution in [-0.2, 0) is 22.7 Å². The van der Waals surface area contributed by atoms with E-state index in [1.54, 1.807) is 7.11 Å². The molecule has 2 amide bonds. The second kappa shape index (κ2) is 9.80. The number of amides is 2. The standard InChI is InChI=1S/C19H21ClN2O5/c1-25-10-13-6-4-3-5-12(13)9-22-19(24)14-7-15(20)18(16(8-14)26-2)27-11-17(21)23/h3-8H,9-11H2,1-2H3,(H2,21,23)(H,22,24). The van der Waals surface area contributed by atoms with Crippen LogP contribution in [0.3, 0.4) is 0 Å².